The Bertz CT molecular complexity index is 820. The van der Waals surface area contributed by atoms with E-state index < -0.39 is 0 Å². The van der Waals surface area contributed by atoms with Gasteiger partial charge in [-0.1, -0.05) is 19.1 Å². The fourth-order valence-electron chi connectivity index (χ4n) is 3.50. The van der Waals surface area contributed by atoms with E-state index in [0.717, 1.165) is 30.8 Å². The lowest BCUT2D eigenvalue weighted by atomic mass is 10.1. The van der Waals surface area contributed by atoms with Crippen LogP contribution in [-0.4, -0.2) is 23.4 Å². The van der Waals surface area contributed by atoms with E-state index in [-0.39, 0.29) is 5.91 Å². The molecule has 1 heterocycles. The number of amides is 1. The zero-order chi connectivity index (χ0) is 18.5. The van der Waals surface area contributed by atoms with Gasteiger partial charge in [0.25, 0.3) is 5.91 Å². The van der Waals surface area contributed by atoms with E-state index in [2.05, 4.69) is 23.2 Å². The van der Waals surface area contributed by atoms with Gasteiger partial charge in [-0.05, 0) is 74.2 Å². The van der Waals surface area contributed by atoms with Crippen molar-refractivity contribution in [2.75, 3.05) is 11.9 Å². The summed E-state index contributed by atoms with van der Waals surface area (Å²) >= 11 is 0. The van der Waals surface area contributed by atoms with Gasteiger partial charge in [0.1, 0.15) is 0 Å². The Morgan fingerprint density at radius 1 is 1.27 bits per heavy atom. The van der Waals surface area contributed by atoms with Crippen LogP contribution in [0, 0.1) is 11.3 Å². The summed E-state index contributed by atoms with van der Waals surface area (Å²) in [4.78, 5) is 15.0. The van der Waals surface area contributed by atoms with Crippen molar-refractivity contribution in [2.24, 2.45) is 0 Å². The molecule has 0 saturated carbocycles. The highest BCUT2D eigenvalue weighted by Gasteiger charge is 2.20. The Morgan fingerprint density at radius 3 is 2.65 bits per heavy atom. The predicted octanol–water partition coefficient (Wildman–Crippen LogP) is 4.36. The molecule has 4 heteroatoms. The zero-order valence-corrected chi connectivity index (χ0v) is 15.5. The number of anilines is 1. The maximum Gasteiger partial charge on any atom is 0.255 e. The Kier molecular flexibility index (Phi) is 5.70. The molecule has 0 aliphatic carbocycles. The van der Waals surface area contributed by atoms with E-state index in [9.17, 15) is 4.79 Å². The summed E-state index contributed by atoms with van der Waals surface area (Å²) in [5.74, 6) is -0.120. The molecule has 0 spiro atoms. The fraction of sp³-hybridized carbons (Fsp3) is 0.364. The Hall–Kier alpha value is -2.64. The quantitative estimate of drug-likeness (QED) is 0.874. The third-order valence-electron chi connectivity index (χ3n) is 5.16. The van der Waals surface area contributed by atoms with Crippen molar-refractivity contribution < 1.29 is 4.79 Å². The number of hydrogen-bond acceptors (Lipinski definition) is 3. The summed E-state index contributed by atoms with van der Waals surface area (Å²) < 4.78 is 0. The van der Waals surface area contributed by atoms with Crippen molar-refractivity contribution in [1.82, 2.24) is 4.90 Å². The molecule has 1 fully saturated rings. The molecule has 0 aromatic heterocycles. The zero-order valence-electron chi connectivity index (χ0n) is 15.5. The van der Waals surface area contributed by atoms with Crippen molar-refractivity contribution in [3.8, 4) is 6.07 Å². The topological polar surface area (TPSA) is 56.1 Å². The van der Waals surface area contributed by atoms with Gasteiger partial charge in [0.05, 0.1) is 11.6 Å². The van der Waals surface area contributed by atoms with Crippen molar-refractivity contribution in [2.45, 2.75) is 45.7 Å². The lowest BCUT2D eigenvalue weighted by Gasteiger charge is -2.21. The Morgan fingerprint density at radius 2 is 2.04 bits per heavy atom. The normalized spacial score (nSPS) is 17.0. The molecule has 1 saturated heterocycles. The van der Waals surface area contributed by atoms with Crippen LogP contribution < -0.4 is 5.32 Å². The van der Waals surface area contributed by atoms with Gasteiger partial charge in [0.2, 0.25) is 0 Å². The number of benzene rings is 2. The van der Waals surface area contributed by atoms with Crippen LogP contribution in [0.5, 0.6) is 0 Å². The monoisotopic (exact) mass is 347 g/mol. The second-order valence-electron chi connectivity index (χ2n) is 6.95. The molecule has 2 aromatic carbocycles. The summed E-state index contributed by atoms with van der Waals surface area (Å²) in [6.07, 6.45) is 3.30. The standard InChI is InChI=1S/C22H25N3O/c1-3-19-13-18(14-23)8-11-21(19)24-22(26)20-9-6-17(7-10-20)15-25-12-4-5-16(25)2/h6-11,13,16H,3-5,12,15H2,1-2H3,(H,24,26)/t16-/m0/s1. The highest BCUT2D eigenvalue weighted by Crippen LogP contribution is 2.21. The Labute approximate surface area is 155 Å². The van der Waals surface area contributed by atoms with Gasteiger partial charge in [0, 0.05) is 23.8 Å². The van der Waals surface area contributed by atoms with Crippen molar-refractivity contribution in [1.29, 1.82) is 5.26 Å². The second-order valence-corrected chi connectivity index (χ2v) is 6.95. The predicted molar refractivity (Wildman–Crippen MR) is 104 cm³/mol. The number of nitriles is 1. The van der Waals surface area contributed by atoms with Gasteiger partial charge in [0.15, 0.2) is 0 Å². The molecule has 26 heavy (non-hydrogen) atoms. The van der Waals surface area contributed by atoms with Crippen molar-refractivity contribution >= 4 is 11.6 Å². The van der Waals surface area contributed by atoms with Gasteiger partial charge < -0.3 is 5.32 Å². The van der Waals surface area contributed by atoms with Gasteiger partial charge in [-0.2, -0.15) is 5.26 Å². The highest BCUT2D eigenvalue weighted by molar-refractivity contribution is 6.04. The minimum Gasteiger partial charge on any atom is -0.322 e. The number of likely N-dealkylation sites (tertiary alicyclic amines) is 1. The summed E-state index contributed by atoms with van der Waals surface area (Å²) in [5, 5.41) is 12.0. The summed E-state index contributed by atoms with van der Waals surface area (Å²) in [6.45, 7) is 6.39. The van der Waals surface area contributed by atoms with Crippen LogP contribution in [0.15, 0.2) is 42.5 Å². The number of nitrogens with zero attached hydrogens (tertiary/aromatic N) is 2. The van der Waals surface area contributed by atoms with E-state index in [1.54, 1.807) is 12.1 Å². The largest absolute Gasteiger partial charge is 0.322 e. The fourth-order valence-corrected chi connectivity index (χ4v) is 3.50. The molecule has 1 atom stereocenters. The third-order valence-corrected chi connectivity index (χ3v) is 5.16. The van der Waals surface area contributed by atoms with Gasteiger partial charge in [-0.3, -0.25) is 9.69 Å². The summed E-state index contributed by atoms with van der Waals surface area (Å²) in [6, 6.07) is 16.0. The van der Waals surface area contributed by atoms with Crippen LogP contribution in [0.3, 0.4) is 0 Å². The van der Waals surface area contributed by atoms with Gasteiger partial charge in [-0.25, -0.2) is 0 Å². The third kappa shape index (κ3) is 4.12. The number of hydrogen-bond donors (Lipinski definition) is 1. The van der Waals surface area contributed by atoms with Crippen LogP contribution in [0.1, 0.15) is 53.7 Å². The highest BCUT2D eigenvalue weighted by atomic mass is 16.1. The molecule has 4 nitrogen and oxygen atoms in total. The van der Waals surface area contributed by atoms with E-state index in [0.29, 0.717) is 17.2 Å². The maximum absolute atomic E-state index is 12.6. The van der Waals surface area contributed by atoms with E-state index in [1.807, 2.05) is 37.3 Å². The molecule has 1 N–H and O–H groups in total. The average Bonchev–Trinajstić information content (AvgIpc) is 3.07. The van der Waals surface area contributed by atoms with Crippen LogP contribution in [0.4, 0.5) is 5.69 Å². The molecule has 2 aromatic rings. The number of carbonyl (C=O) groups is 1. The smallest absolute Gasteiger partial charge is 0.255 e. The first-order valence-corrected chi connectivity index (χ1v) is 9.28. The SMILES string of the molecule is CCc1cc(C#N)ccc1NC(=O)c1ccc(CN2CCC[C@@H]2C)cc1. The first-order chi connectivity index (χ1) is 12.6. The minimum absolute atomic E-state index is 0.120. The van der Waals surface area contributed by atoms with Crippen LogP contribution in [0.25, 0.3) is 0 Å². The molecule has 1 aliphatic rings. The summed E-state index contributed by atoms with van der Waals surface area (Å²) in [5.41, 5.74) is 4.24. The maximum atomic E-state index is 12.6. The molecule has 0 radical (unpaired) electrons. The first-order valence-electron chi connectivity index (χ1n) is 9.28. The van der Waals surface area contributed by atoms with E-state index >= 15 is 0 Å². The molecular formula is C22H25N3O. The minimum atomic E-state index is -0.120. The van der Waals surface area contributed by atoms with Gasteiger partial charge in [-0.15, -0.1) is 0 Å². The number of nitrogens with one attached hydrogen (secondary N) is 1. The lowest BCUT2D eigenvalue weighted by molar-refractivity contribution is 0.102. The molecular weight excluding hydrogens is 322 g/mol. The Balaban J connectivity index is 1.68. The molecule has 0 unspecified atom stereocenters. The summed E-state index contributed by atoms with van der Waals surface area (Å²) in [7, 11) is 0. The molecule has 3 rings (SSSR count). The van der Waals surface area contributed by atoms with Crippen molar-refractivity contribution in [3.63, 3.8) is 0 Å². The number of aryl methyl sites for hydroxylation is 1. The molecule has 134 valence electrons. The second kappa shape index (κ2) is 8.16. The molecule has 1 aliphatic heterocycles. The number of rotatable bonds is 5. The molecule has 0 bridgehead atoms. The average molecular weight is 347 g/mol. The molecule has 1 amide bonds. The van der Waals surface area contributed by atoms with Crippen LogP contribution >= 0.6 is 0 Å². The number of carbonyl (C=O) groups excluding carboxylic acids is 1. The van der Waals surface area contributed by atoms with E-state index in [4.69, 9.17) is 5.26 Å². The van der Waals surface area contributed by atoms with Crippen molar-refractivity contribution in [3.05, 3.63) is 64.7 Å². The van der Waals surface area contributed by atoms with Crippen LogP contribution in [0.2, 0.25) is 0 Å². The van der Waals surface area contributed by atoms with Crippen LogP contribution in [-0.2, 0) is 13.0 Å². The lowest BCUT2D eigenvalue weighted by Crippen LogP contribution is -2.26. The van der Waals surface area contributed by atoms with E-state index in [1.165, 1.54) is 18.4 Å². The van der Waals surface area contributed by atoms with Gasteiger partial charge >= 0.3 is 0 Å². The first kappa shape index (κ1) is 18.2.